The molecule has 0 radical (unpaired) electrons. The zero-order chi connectivity index (χ0) is 9.26. The summed E-state index contributed by atoms with van der Waals surface area (Å²) in [7, 11) is 1.92. The molecule has 2 N–H and O–H groups in total. The van der Waals surface area contributed by atoms with Gasteiger partial charge in [0.15, 0.2) is 0 Å². The highest BCUT2D eigenvalue weighted by atomic mass is 35.5. The number of rotatable bonds is 2. The molecule has 2 rings (SSSR count). The number of hydrogen-bond acceptors (Lipinski definition) is 4. The van der Waals surface area contributed by atoms with Crippen LogP contribution in [-0.2, 0) is 13.6 Å². The molecule has 2 heterocycles. The van der Waals surface area contributed by atoms with Crippen LogP contribution in [0.25, 0.3) is 11.5 Å². The topological polar surface area (TPSA) is 69.9 Å². The third-order valence-corrected chi connectivity index (χ3v) is 1.82. The standard InChI is InChI=1S/C8H10N4O.ClH/c1-12-4-2-3-6(12)8-10-7(5-9)13-11-8;/h2-4H,5,9H2,1H3;1H. The highest BCUT2D eigenvalue weighted by Crippen LogP contribution is 2.14. The van der Waals surface area contributed by atoms with Crippen molar-refractivity contribution in [2.75, 3.05) is 0 Å². The molecule has 0 amide bonds. The molecule has 0 saturated carbocycles. The first-order chi connectivity index (χ1) is 6.31. The van der Waals surface area contributed by atoms with Gasteiger partial charge in [-0.1, -0.05) is 5.16 Å². The van der Waals surface area contributed by atoms with Crippen LogP contribution in [0.15, 0.2) is 22.9 Å². The van der Waals surface area contributed by atoms with Crippen LogP contribution >= 0.6 is 12.4 Å². The van der Waals surface area contributed by atoms with Gasteiger partial charge in [-0.3, -0.25) is 0 Å². The highest BCUT2D eigenvalue weighted by molar-refractivity contribution is 5.85. The van der Waals surface area contributed by atoms with Gasteiger partial charge in [-0.2, -0.15) is 4.98 Å². The SMILES string of the molecule is Cl.Cn1cccc1-c1noc(CN)n1. The molecule has 14 heavy (non-hydrogen) atoms. The van der Waals surface area contributed by atoms with Crippen molar-refractivity contribution in [2.24, 2.45) is 12.8 Å². The van der Waals surface area contributed by atoms with Gasteiger partial charge in [0.25, 0.3) is 0 Å². The van der Waals surface area contributed by atoms with E-state index in [1.165, 1.54) is 0 Å². The maximum absolute atomic E-state index is 5.35. The van der Waals surface area contributed by atoms with Crippen LogP contribution in [0.3, 0.4) is 0 Å². The number of aryl methyl sites for hydroxylation is 1. The summed E-state index contributed by atoms with van der Waals surface area (Å²) in [6, 6.07) is 3.85. The molecule has 0 aliphatic rings. The van der Waals surface area contributed by atoms with Crippen molar-refractivity contribution in [2.45, 2.75) is 6.54 Å². The van der Waals surface area contributed by atoms with Crippen molar-refractivity contribution >= 4 is 12.4 Å². The third-order valence-electron chi connectivity index (χ3n) is 1.82. The van der Waals surface area contributed by atoms with E-state index in [1.54, 1.807) is 0 Å². The Hall–Kier alpha value is -1.33. The van der Waals surface area contributed by atoms with Crippen LogP contribution in [0.2, 0.25) is 0 Å². The summed E-state index contributed by atoms with van der Waals surface area (Å²) < 4.78 is 6.81. The maximum Gasteiger partial charge on any atom is 0.240 e. The Morgan fingerprint density at radius 1 is 1.57 bits per heavy atom. The summed E-state index contributed by atoms with van der Waals surface area (Å²) in [5, 5.41) is 3.80. The van der Waals surface area contributed by atoms with E-state index < -0.39 is 0 Å². The second kappa shape index (κ2) is 4.26. The van der Waals surface area contributed by atoms with Gasteiger partial charge in [-0.15, -0.1) is 12.4 Å². The Morgan fingerprint density at radius 2 is 2.36 bits per heavy atom. The van der Waals surface area contributed by atoms with Crippen LogP contribution in [0.5, 0.6) is 0 Å². The van der Waals surface area contributed by atoms with Gasteiger partial charge < -0.3 is 14.8 Å². The molecule has 6 heteroatoms. The molecule has 0 unspecified atom stereocenters. The van der Waals surface area contributed by atoms with E-state index in [-0.39, 0.29) is 19.0 Å². The molecule has 2 aromatic rings. The van der Waals surface area contributed by atoms with E-state index >= 15 is 0 Å². The lowest BCUT2D eigenvalue weighted by Gasteiger charge is -1.94. The predicted octanol–water partition coefficient (Wildman–Crippen LogP) is 0.956. The zero-order valence-electron chi connectivity index (χ0n) is 7.67. The van der Waals surface area contributed by atoms with Gasteiger partial charge in [0.2, 0.25) is 11.7 Å². The highest BCUT2D eigenvalue weighted by Gasteiger charge is 2.08. The maximum atomic E-state index is 5.35. The smallest absolute Gasteiger partial charge is 0.240 e. The average Bonchev–Trinajstić information content (AvgIpc) is 2.71. The number of nitrogens with zero attached hydrogens (tertiary/aromatic N) is 3. The van der Waals surface area contributed by atoms with Crippen molar-refractivity contribution < 1.29 is 4.52 Å². The second-order valence-electron chi connectivity index (χ2n) is 2.72. The lowest BCUT2D eigenvalue weighted by Crippen LogP contribution is -1.96. The number of hydrogen-bond donors (Lipinski definition) is 1. The van der Waals surface area contributed by atoms with Crippen molar-refractivity contribution in [3.05, 3.63) is 24.2 Å². The van der Waals surface area contributed by atoms with Crippen molar-refractivity contribution in [1.29, 1.82) is 0 Å². The van der Waals surface area contributed by atoms with Crippen molar-refractivity contribution in [3.63, 3.8) is 0 Å². The van der Waals surface area contributed by atoms with E-state index in [0.29, 0.717) is 11.7 Å². The fourth-order valence-electron chi connectivity index (χ4n) is 1.14. The van der Waals surface area contributed by atoms with E-state index in [2.05, 4.69) is 10.1 Å². The van der Waals surface area contributed by atoms with E-state index in [1.807, 2.05) is 29.9 Å². The fraction of sp³-hybridized carbons (Fsp3) is 0.250. The molecule has 0 aromatic carbocycles. The van der Waals surface area contributed by atoms with Gasteiger partial charge in [-0.25, -0.2) is 0 Å². The van der Waals surface area contributed by atoms with Gasteiger partial charge in [0.05, 0.1) is 12.2 Å². The molecular weight excluding hydrogens is 204 g/mol. The summed E-state index contributed by atoms with van der Waals surface area (Å²) >= 11 is 0. The number of halogens is 1. The van der Waals surface area contributed by atoms with Crippen molar-refractivity contribution in [1.82, 2.24) is 14.7 Å². The largest absolute Gasteiger partial charge is 0.348 e. The predicted molar refractivity (Wildman–Crippen MR) is 53.8 cm³/mol. The van der Waals surface area contributed by atoms with Crippen LogP contribution < -0.4 is 5.73 Å². The lowest BCUT2D eigenvalue weighted by atomic mass is 10.4. The summed E-state index contributed by atoms with van der Waals surface area (Å²) in [5.74, 6) is 1.03. The molecule has 76 valence electrons. The molecule has 0 aliphatic heterocycles. The number of nitrogens with two attached hydrogens (primary N) is 1. The molecule has 0 spiro atoms. The minimum atomic E-state index is 0. The Labute approximate surface area is 87.3 Å². The average molecular weight is 215 g/mol. The van der Waals surface area contributed by atoms with Gasteiger partial charge in [0.1, 0.15) is 0 Å². The molecule has 2 aromatic heterocycles. The molecular formula is C8H11ClN4O. The molecule has 0 saturated heterocycles. The summed E-state index contributed by atoms with van der Waals surface area (Å²) in [6.45, 7) is 0.275. The zero-order valence-corrected chi connectivity index (χ0v) is 8.49. The Morgan fingerprint density at radius 3 is 2.86 bits per heavy atom. The Bertz CT molecular complexity index is 409. The fourth-order valence-corrected chi connectivity index (χ4v) is 1.14. The molecule has 5 nitrogen and oxygen atoms in total. The Kier molecular flexibility index (Phi) is 3.27. The minimum absolute atomic E-state index is 0. The molecule has 0 atom stereocenters. The second-order valence-corrected chi connectivity index (χ2v) is 2.72. The van der Waals surface area contributed by atoms with Crippen LogP contribution in [0.1, 0.15) is 5.89 Å². The number of aromatic nitrogens is 3. The van der Waals surface area contributed by atoms with E-state index in [9.17, 15) is 0 Å². The van der Waals surface area contributed by atoms with Crippen LogP contribution in [0.4, 0.5) is 0 Å². The Balaban J connectivity index is 0.000000980. The quantitative estimate of drug-likeness (QED) is 0.808. The van der Waals surface area contributed by atoms with E-state index in [4.69, 9.17) is 10.3 Å². The summed E-state index contributed by atoms with van der Waals surface area (Å²) in [4.78, 5) is 4.11. The third kappa shape index (κ3) is 1.78. The van der Waals surface area contributed by atoms with Gasteiger partial charge >= 0.3 is 0 Å². The van der Waals surface area contributed by atoms with Gasteiger partial charge in [0, 0.05) is 13.2 Å². The van der Waals surface area contributed by atoms with Crippen molar-refractivity contribution in [3.8, 4) is 11.5 Å². The monoisotopic (exact) mass is 214 g/mol. The van der Waals surface area contributed by atoms with Crippen LogP contribution in [0, 0.1) is 0 Å². The molecule has 0 aliphatic carbocycles. The van der Waals surface area contributed by atoms with E-state index in [0.717, 1.165) is 5.69 Å². The summed E-state index contributed by atoms with van der Waals surface area (Å²) in [6.07, 6.45) is 1.92. The first-order valence-corrected chi connectivity index (χ1v) is 3.95. The summed E-state index contributed by atoms with van der Waals surface area (Å²) in [5.41, 5.74) is 6.27. The normalized spacial score (nSPS) is 9.86. The molecule has 0 fully saturated rings. The first-order valence-electron chi connectivity index (χ1n) is 3.95. The minimum Gasteiger partial charge on any atom is -0.348 e. The first kappa shape index (κ1) is 10.7. The molecule has 0 bridgehead atoms. The van der Waals surface area contributed by atoms with Crippen LogP contribution in [-0.4, -0.2) is 14.7 Å². The van der Waals surface area contributed by atoms with Gasteiger partial charge in [-0.05, 0) is 12.1 Å². The lowest BCUT2D eigenvalue weighted by molar-refractivity contribution is 0.380.